The van der Waals surface area contributed by atoms with Crippen molar-refractivity contribution in [2.24, 2.45) is 5.73 Å². The van der Waals surface area contributed by atoms with Crippen LogP contribution in [0.1, 0.15) is 11.6 Å². The predicted molar refractivity (Wildman–Crippen MR) is 46.5 cm³/mol. The zero-order valence-corrected chi connectivity index (χ0v) is 6.72. The fourth-order valence-corrected chi connectivity index (χ4v) is 1.01. The van der Waals surface area contributed by atoms with Crippen LogP contribution in [0.5, 0.6) is 0 Å². The SMILES string of the molecule is N[C@H](c1ccccc1)[C@@H](O)CO. The summed E-state index contributed by atoms with van der Waals surface area (Å²) in [4.78, 5) is 0. The molecule has 0 heterocycles. The Morgan fingerprint density at radius 2 is 1.83 bits per heavy atom. The van der Waals surface area contributed by atoms with Crippen molar-refractivity contribution >= 4 is 0 Å². The molecule has 0 aliphatic rings. The van der Waals surface area contributed by atoms with Gasteiger partial charge >= 0.3 is 0 Å². The van der Waals surface area contributed by atoms with Crippen molar-refractivity contribution in [1.82, 2.24) is 0 Å². The first-order valence-corrected chi connectivity index (χ1v) is 3.85. The molecule has 0 saturated carbocycles. The van der Waals surface area contributed by atoms with Gasteiger partial charge < -0.3 is 15.9 Å². The molecule has 0 aliphatic carbocycles. The maximum atomic E-state index is 9.20. The van der Waals surface area contributed by atoms with E-state index in [4.69, 9.17) is 10.8 Å². The maximum Gasteiger partial charge on any atom is 0.0962 e. The Kier molecular flexibility index (Phi) is 3.22. The molecule has 1 aromatic rings. The largest absolute Gasteiger partial charge is 0.394 e. The summed E-state index contributed by atoms with van der Waals surface area (Å²) in [5.74, 6) is 0. The molecule has 1 rings (SSSR count). The van der Waals surface area contributed by atoms with Crippen LogP contribution < -0.4 is 5.73 Å². The highest BCUT2D eigenvalue weighted by Crippen LogP contribution is 2.12. The molecule has 66 valence electrons. The Morgan fingerprint density at radius 3 is 2.33 bits per heavy atom. The molecule has 2 atom stereocenters. The molecule has 3 heteroatoms. The minimum Gasteiger partial charge on any atom is -0.394 e. The summed E-state index contributed by atoms with van der Waals surface area (Å²) >= 11 is 0. The number of hydrogen-bond donors (Lipinski definition) is 3. The molecule has 0 spiro atoms. The summed E-state index contributed by atoms with van der Waals surface area (Å²) in [6, 6.07) is 8.71. The molecule has 3 nitrogen and oxygen atoms in total. The van der Waals surface area contributed by atoms with Crippen LogP contribution in [-0.2, 0) is 0 Å². The van der Waals surface area contributed by atoms with Gasteiger partial charge in [-0.3, -0.25) is 0 Å². The van der Waals surface area contributed by atoms with Crippen LogP contribution in [-0.4, -0.2) is 22.9 Å². The maximum absolute atomic E-state index is 9.20. The summed E-state index contributed by atoms with van der Waals surface area (Å²) in [6.45, 7) is -0.309. The molecule has 0 fully saturated rings. The first kappa shape index (κ1) is 9.19. The third-order valence-corrected chi connectivity index (χ3v) is 1.79. The second-order valence-electron chi connectivity index (χ2n) is 2.69. The summed E-state index contributed by atoms with van der Waals surface area (Å²) < 4.78 is 0. The lowest BCUT2D eigenvalue weighted by molar-refractivity contribution is 0.0741. The van der Waals surface area contributed by atoms with E-state index in [2.05, 4.69) is 0 Å². The van der Waals surface area contributed by atoms with Gasteiger partial charge in [0, 0.05) is 0 Å². The van der Waals surface area contributed by atoms with E-state index in [1.165, 1.54) is 0 Å². The van der Waals surface area contributed by atoms with Crippen molar-refractivity contribution < 1.29 is 10.2 Å². The number of hydrogen-bond acceptors (Lipinski definition) is 3. The van der Waals surface area contributed by atoms with Crippen molar-refractivity contribution in [3.05, 3.63) is 35.9 Å². The number of rotatable bonds is 3. The van der Waals surface area contributed by atoms with Gasteiger partial charge in [0.2, 0.25) is 0 Å². The molecule has 12 heavy (non-hydrogen) atoms. The van der Waals surface area contributed by atoms with Gasteiger partial charge in [0.05, 0.1) is 18.8 Å². The Labute approximate surface area is 71.5 Å². The van der Waals surface area contributed by atoms with E-state index >= 15 is 0 Å². The van der Waals surface area contributed by atoms with Gasteiger partial charge in [-0.25, -0.2) is 0 Å². The van der Waals surface area contributed by atoms with Crippen molar-refractivity contribution in [2.45, 2.75) is 12.1 Å². The summed E-state index contributed by atoms with van der Waals surface area (Å²) in [7, 11) is 0. The molecule has 0 aliphatic heterocycles. The lowest BCUT2D eigenvalue weighted by Gasteiger charge is -2.16. The molecule has 0 radical (unpaired) electrons. The molecule has 1 aromatic carbocycles. The van der Waals surface area contributed by atoms with Crippen LogP contribution >= 0.6 is 0 Å². The summed E-state index contributed by atoms with van der Waals surface area (Å²) in [5.41, 5.74) is 6.47. The van der Waals surface area contributed by atoms with E-state index in [1.807, 2.05) is 30.3 Å². The third-order valence-electron chi connectivity index (χ3n) is 1.79. The van der Waals surface area contributed by atoms with Gasteiger partial charge in [-0.1, -0.05) is 30.3 Å². The zero-order chi connectivity index (χ0) is 8.97. The Balaban J connectivity index is 2.71. The Bertz CT molecular complexity index is 225. The summed E-state index contributed by atoms with van der Waals surface area (Å²) in [5, 5.41) is 17.8. The smallest absolute Gasteiger partial charge is 0.0962 e. The van der Waals surface area contributed by atoms with Gasteiger partial charge in [0.15, 0.2) is 0 Å². The van der Waals surface area contributed by atoms with Gasteiger partial charge in [0.25, 0.3) is 0 Å². The molecular weight excluding hydrogens is 154 g/mol. The van der Waals surface area contributed by atoms with E-state index in [0.717, 1.165) is 5.56 Å². The number of nitrogens with two attached hydrogens (primary N) is 1. The fraction of sp³-hybridized carbons (Fsp3) is 0.333. The standard InChI is InChI=1S/C9H13NO2/c10-9(8(12)6-11)7-4-2-1-3-5-7/h1-5,8-9,11-12H,6,10H2/t8-,9+/m0/s1. The molecule has 0 unspecified atom stereocenters. The normalized spacial score (nSPS) is 15.6. The highest BCUT2D eigenvalue weighted by atomic mass is 16.3. The van der Waals surface area contributed by atoms with E-state index < -0.39 is 12.1 Å². The lowest BCUT2D eigenvalue weighted by Crippen LogP contribution is -2.28. The first-order chi connectivity index (χ1) is 5.75. The third kappa shape index (κ3) is 2.04. The van der Waals surface area contributed by atoms with Crippen molar-refractivity contribution in [1.29, 1.82) is 0 Å². The number of aliphatic hydroxyl groups excluding tert-OH is 2. The quantitative estimate of drug-likeness (QED) is 0.595. The molecular formula is C9H13NO2. The van der Waals surface area contributed by atoms with E-state index in [1.54, 1.807) is 0 Å². The average Bonchev–Trinajstić information content (AvgIpc) is 2.17. The fourth-order valence-electron chi connectivity index (χ4n) is 1.01. The number of benzene rings is 1. The van der Waals surface area contributed by atoms with Gasteiger partial charge in [-0.05, 0) is 5.56 Å². The van der Waals surface area contributed by atoms with Crippen LogP contribution in [0.2, 0.25) is 0 Å². The van der Waals surface area contributed by atoms with Crippen LogP contribution in [0.4, 0.5) is 0 Å². The first-order valence-electron chi connectivity index (χ1n) is 3.85. The topological polar surface area (TPSA) is 66.5 Å². The second kappa shape index (κ2) is 4.21. The molecule has 0 amide bonds. The van der Waals surface area contributed by atoms with Crippen LogP contribution in [0.25, 0.3) is 0 Å². The molecule has 0 bridgehead atoms. The molecule has 0 saturated heterocycles. The van der Waals surface area contributed by atoms with Crippen molar-refractivity contribution in [3.63, 3.8) is 0 Å². The highest BCUT2D eigenvalue weighted by Gasteiger charge is 2.14. The molecule has 0 aromatic heterocycles. The summed E-state index contributed by atoms with van der Waals surface area (Å²) in [6.07, 6.45) is -0.882. The minimum atomic E-state index is -0.882. The monoisotopic (exact) mass is 167 g/mol. The van der Waals surface area contributed by atoms with E-state index in [9.17, 15) is 5.11 Å². The van der Waals surface area contributed by atoms with E-state index in [0.29, 0.717) is 0 Å². The Morgan fingerprint density at radius 1 is 1.25 bits per heavy atom. The van der Waals surface area contributed by atoms with Gasteiger partial charge in [-0.2, -0.15) is 0 Å². The van der Waals surface area contributed by atoms with Crippen molar-refractivity contribution in [3.8, 4) is 0 Å². The minimum absolute atomic E-state index is 0.309. The van der Waals surface area contributed by atoms with Gasteiger partial charge in [-0.15, -0.1) is 0 Å². The molecule has 4 N–H and O–H groups in total. The number of aliphatic hydroxyl groups is 2. The highest BCUT2D eigenvalue weighted by molar-refractivity contribution is 5.19. The Hall–Kier alpha value is -0.900. The van der Waals surface area contributed by atoms with E-state index in [-0.39, 0.29) is 6.61 Å². The van der Waals surface area contributed by atoms with Crippen LogP contribution in [0.3, 0.4) is 0 Å². The lowest BCUT2D eigenvalue weighted by atomic mass is 10.0. The second-order valence-corrected chi connectivity index (χ2v) is 2.69. The average molecular weight is 167 g/mol. The van der Waals surface area contributed by atoms with Crippen LogP contribution in [0, 0.1) is 0 Å². The van der Waals surface area contributed by atoms with Crippen LogP contribution in [0.15, 0.2) is 30.3 Å². The zero-order valence-electron chi connectivity index (χ0n) is 6.72. The van der Waals surface area contributed by atoms with Gasteiger partial charge in [0.1, 0.15) is 0 Å². The predicted octanol–water partition coefficient (Wildman–Crippen LogP) is 0.0396. The van der Waals surface area contributed by atoms with Crippen molar-refractivity contribution in [2.75, 3.05) is 6.61 Å².